The van der Waals surface area contributed by atoms with E-state index >= 15 is 0 Å². The molecule has 17 heavy (non-hydrogen) atoms. The van der Waals surface area contributed by atoms with E-state index in [9.17, 15) is 5.11 Å². The van der Waals surface area contributed by atoms with Crippen LogP contribution in [-0.4, -0.2) is 52.8 Å². The van der Waals surface area contributed by atoms with Gasteiger partial charge >= 0.3 is 0 Å². The molecule has 0 radical (unpaired) electrons. The van der Waals surface area contributed by atoms with Gasteiger partial charge in [0.15, 0.2) is 0 Å². The summed E-state index contributed by atoms with van der Waals surface area (Å²) < 4.78 is 0. The molecule has 5 nitrogen and oxygen atoms in total. The number of aliphatic hydroxyl groups is 1. The second-order valence-corrected chi connectivity index (χ2v) is 5.01. The predicted molar refractivity (Wildman–Crippen MR) is 69.2 cm³/mol. The maximum absolute atomic E-state index is 10.1. The van der Waals surface area contributed by atoms with Gasteiger partial charge in [0.2, 0.25) is 0 Å². The Morgan fingerprint density at radius 3 is 2.53 bits per heavy atom. The molecule has 0 saturated heterocycles. The highest BCUT2D eigenvalue weighted by atomic mass is 16.3. The van der Waals surface area contributed by atoms with Crippen LogP contribution in [0.2, 0.25) is 0 Å². The van der Waals surface area contributed by atoms with E-state index in [0.29, 0.717) is 18.9 Å². The Bertz CT molecular complexity index is 377. The molecule has 5 heteroatoms. The van der Waals surface area contributed by atoms with Crippen LogP contribution in [0.5, 0.6) is 0 Å². The van der Waals surface area contributed by atoms with Gasteiger partial charge < -0.3 is 15.3 Å². The van der Waals surface area contributed by atoms with Crippen molar-refractivity contribution in [1.29, 1.82) is 0 Å². The first-order valence-corrected chi connectivity index (χ1v) is 5.71. The van der Waals surface area contributed by atoms with Crippen LogP contribution in [0.15, 0.2) is 6.20 Å². The van der Waals surface area contributed by atoms with Crippen LogP contribution >= 0.6 is 0 Å². The zero-order chi connectivity index (χ0) is 13.1. The summed E-state index contributed by atoms with van der Waals surface area (Å²) >= 11 is 0. The van der Waals surface area contributed by atoms with Crippen molar-refractivity contribution in [2.45, 2.75) is 26.4 Å². The standard InChI is InChI=1S/C12H22N4O/c1-9-10(2)15-11(6-13-9)14-7-12(3,17)8-16(4)5/h6,17H,7-8H2,1-5H3,(H,14,15). The minimum absolute atomic E-state index is 0.447. The highest BCUT2D eigenvalue weighted by Crippen LogP contribution is 2.09. The predicted octanol–water partition coefficient (Wildman–Crippen LogP) is 0.818. The average Bonchev–Trinajstić information content (AvgIpc) is 2.18. The molecule has 0 aromatic carbocycles. The summed E-state index contributed by atoms with van der Waals surface area (Å²) in [7, 11) is 3.87. The largest absolute Gasteiger partial charge is 0.387 e. The Labute approximate surface area is 103 Å². The Morgan fingerprint density at radius 1 is 1.35 bits per heavy atom. The minimum Gasteiger partial charge on any atom is -0.387 e. The fourth-order valence-corrected chi connectivity index (χ4v) is 1.65. The van der Waals surface area contributed by atoms with Crippen molar-refractivity contribution in [3.8, 4) is 0 Å². The number of likely N-dealkylation sites (N-methyl/N-ethyl adjacent to an activating group) is 1. The normalized spacial score (nSPS) is 14.8. The Kier molecular flexibility index (Phi) is 4.42. The zero-order valence-corrected chi connectivity index (χ0v) is 11.3. The molecule has 0 saturated carbocycles. The lowest BCUT2D eigenvalue weighted by atomic mass is 10.1. The third-order valence-electron chi connectivity index (χ3n) is 2.50. The van der Waals surface area contributed by atoms with Crippen molar-refractivity contribution in [2.24, 2.45) is 0 Å². The van der Waals surface area contributed by atoms with Gasteiger partial charge in [0.05, 0.1) is 23.2 Å². The summed E-state index contributed by atoms with van der Waals surface area (Å²) in [5, 5.41) is 13.2. The summed E-state index contributed by atoms with van der Waals surface area (Å²) in [5.41, 5.74) is 1.04. The van der Waals surface area contributed by atoms with Crippen molar-refractivity contribution in [1.82, 2.24) is 14.9 Å². The van der Waals surface area contributed by atoms with Crippen LogP contribution in [0.3, 0.4) is 0 Å². The van der Waals surface area contributed by atoms with E-state index in [1.165, 1.54) is 0 Å². The molecule has 0 fully saturated rings. The number of hydrogen-bond acceptors (Lipinski definition) is 5. The van der Waals surface area contributed by atoms with Crippen molar-refractivity contribution in [3.63, 3.8) is 0 Å². The van der Waals surface area contributed by atoms with Gasteiger partial charge in [-0.25, -0.2) is 4.98 Å². The van der Waals surface area contributed by atoms with E-state index in [2.05, 4.69) is 15.3 Å². The maximum atomic E-state index is 10.1. The van der Waals surface area contributed by atoms with Gasteiger partial charge in [0.1, 0.15) is 5.82 Å². The van der Waals surface area contributed by atoms with Gasteiger partial charge in [0, 0.05) is 13.1 Å². The number of aromatic nitrogens is 2. The first-order valence-electron chi connectivity index (χ1n) is 5.71. The van der Waals surface area contributed by atoms with Crippen LogP contribution < -0.4 is 5.32 Å². The average molecular weight is 238 g/mol. The Morgan fingerprint density at radius 2 is 2.00 bits per heavy atom. The first kappa shape index (κ1) is 13.9. The van der Waals surface area contributed by atoms with E-state index < -0.39 is 5.60 Å². The van der Waals surface area contributed by atoms with E-state index in [-0.39, 0.29) is 0 Å². The Hall–Kier alpha value is -1.20. The van der Waals surface area contributed by atoms with Gasteiger partial charge in [0.25, 0.3) is 0 Å². The fraction of sp³-hybridized carbons (Fsp3) is 0.667. The highest BCUT2D eigenvalue weighted by molar-refractivity contribution is 5.33. The number of hydrogen-bond donors (Lipinski definition) is 2. The third kappa shape index (κ3) is 4.66. The molecule has 1 aromatic heterocycles. The molecule has 1 aromatic rings. The van der Waals surface area contributed by atoms with Gasteiger partial charge in [-0.15, -0.1) is 0 Å². The van der Waals surface area contributed by atoms with E-state index in [4.69, 9.17) is 0 Å². The molecule has 1 atom stereocenters. The van der Waals surface area contributed by atoms with Crippen LogP contribution in [0.1, 0.15) is 18.3 Å². The monoisotopic (exact) mass is 238 g/mol. The summed E-state index contributed by atoms with van der Waals surface area (Å²) in [5.74, 6) is 0.701. The second-order valence-electron chi connectivity index (χ2n) is 5.01. The molecule has 1 rings (SSSR count). The molecule has 96 valence electrons. The number of nitrogens with one attached hydrogen (secondary N) is 1. The molecule has 0 aliphatic rings. The number of anilines is 1. The van der Waals surface area contributed by atoms with Crippen molar-refractivity contribution in [2.75, 3.05) is 32.5 Å². The van der Waals surface area contributed by atoms with Crippen molar-refractivity contribution >= 4 is 5.82 Å². The number of nitrogens with zero attached hydrogens (tertiary/aromatic N) is 3. The van der Waals surface area contributed by atoms with Gasteiger partial charge in [-0.05, 0) is 34.9 Å². The molecule has 2 N–H and O–H groups in total. The summed E-state index contributed by atoms with van der Waals surface area (Å²) in [6.07, 6.45) is 1.69. The van der Waals surface area contributed by atoms with Crippen LogP contribution in [0, 0.1) is 13.8 Å². The summed E-state index contributed by atoms with van der Waals surface area (Å²) in [6, 6.07) is 0. The van der Waals surface area contributed by atoms with Gasteiger partial charge in [-0.2, -0.15) is 0 Å². The Balaban J connectivity index is 2.58. The number of aryl methyl sites for hydroxylation is 2. The first-order chi connectivity index (χ1) is 7.80. The molecule has 0 aliphatic carbocycles. The lowest BCUT2D eigenvalue weighted by Crippen LogP contribution is -2.43. The van der Waals surface area contributed by atoms with E-state index in [0.717, 1.165) is 11.4 Å². The molecule has 0 aliphatic heterocycles. The smallest absolute Gasteiger partial charge is 0.144 e. The highest BCUT2D eigenvalue weighted by Gasteiger charge is 2.21. The van der Waals surface area contributed by atoms with Crippen LogP contribution in [-0.2, 0) is 0 Å². The van der Waals surface area contributed by atoms with E-state index in [1.54, 1.807) is 13.1 Å². The van der Waals surface area contributed by atoms with Gasteiger partial charge in [-0.3, -0.25) is 4.98 Å². The SMILES string of the molecule is Cc1ncc(NCC(C)(O)CN(C)C)nc1C. The molecule has 0 amide bonds. The van der Waals surface area contributed by atoms with Crippen LogP contribution in [0.4, 0.5) is 5.82 Å². The van der Waals surface area contributed by atoms with Crippen molar-refractivity contribution in [3.05, 3.63) is 17.6 Å². The molecule has 0 bridgehead atoms. The zero-order valence-electron chi connectivity index (χ0n) is 11.3. The van der Waals surface area contributed by atoms with Crippen LogP contribution in [0.25, 0.3) is 0 Å². The second kappa shape index (κ2) is 5.42. The lowest BCUT2D eigenvalue weighted by Gasteiger charge is -2.27. The lowest BCUT2D eigenvalue weighted by molar-refractivity contribution is 0.0459. The molecular formula is C12H22N4O. The molecular weight excluding hydrogens is 216 g/mol. The summed E-state index contributed by atoms with van der Waals surface area (Å²) in [4.78, 5) is 10.5. The fourth-order valence-electron chi connectivity index (χ4n) is 1.65. The topological polar surface area (TPSA) is 61.3 Å². The summed E-state index contributed by atoms with van der Waals surface area (Å²) in [6.45, 7) is 6.69. The third-order valence-corrected chi connectivity index (χ3v) is 2.50. The number of rotatable bonds is 5. The maximum Gasteiger partial charge on any atom is 0.144 e. The molecule has 1 heterocycles. The molecule has 0 spiro atoms. The van der Waals surface area contributed by atoms with E-state index in [1.807, 2.05) is 32.8 Å². The molecule has 1 unspecified atom stereocenters. The quantitative estimate of drug-likeness (QED) is 0.795. The van der Waals surface area contributed by atoms with Crippen molar-refractivity contribution < 1.29 is 5.11 Å². The minimum atomic E-state index is -0.788. The van der Waals surface area contributed by atoms with Gasteiger partial charge in [-0.1, -0.05) is 0 Å².